The molecule has 1 rings (SSSR count). The topological polar surface area (TPSA) is 32.3 Å². The minimum atomic E-state index is -0.115. The van der Waals surface area contributed by atoms with Crippen molar-refractivity contribution in [2.75, 3.05) is 6.54 Å². The molecule has 1 saturated carbocycles. The van der Waals surface area contributed by atoms with Gasteiger partial charge in [-0.2, -0.15) is 0 Å². The highest BCUT2D eigenvalue weighted by Gasteiger charge is 2.23. The van der Waals surface area contributed by atoms with Crippen molar-refractivity contribution in [2.45, 2.75) is 45.3 Å². The van der Waals surface area contributed by atoms with Gasteiger partial charge in [0.1, 0.15) is 0 Å². The zero-order valence-electron chi connectivity index (χ0n) is 8.01. The van der Waals surface area contributed by atoms with E-state index in [0.29, 0.717) is 6.04 Å². The van der Waals surface area contributed by atoms with Crippen LogP contribution in [0.25, 0.3) is 0 Å². The van der Waals surface area contributed by atoms with Gasteiger partial charge in [-0.1, -0.05) is 11.6 Å². The van der Waals surface area contributed by atoms with Crippen LogP contribution in [0.15, 0.2) is 11.6 Å². The average Bonchev–Trinajstić information content (AvgIpc) is 2.36. The molecule has 2 N–H and O–H groups in total. The Morgan fingerprint density at radius 1 is 1.50 bits per heavy atom. The van der Waals surface area contributed by atoms with E-state index in [4.69, 9.17) is 0 Å². The molecule has 0 aromatic heterocycles. The second-order valence-corrected chi connectivity index (χ2v) is 3.79. The van der Waals surface area contributed by atoms with Gasteiger partial charge in [-0.3, -0.25) is 0 Å². The van der Waals surface area contributed by atoms with Gasteiger partial charge in [-0.25, -0.2) is 0 Å². The number of allylic oxidation sites excluding steroid dienone is 1. The number of aliphatic hydroxyl groups excluding tert-OH is 1. The van der Waals surface area contributed by atoms with E-state index in [1.165, 1.54) is 5.57 Å². The first kappa shape index (κ1) is 9.75. The lowest BCUT2D eigenvalue weighted by molar-refractivity contribution is 0.151. The summed E-state index contributed by atoms with van der Waals surface area (Å²) < 4.78 is 0. The third-order valence-corrected chi connectivity index (χ3v) is 2.37. The standard InChI is InChI=1S/C10H19NO/c1-8(2)6-7-11-9-4-3-5-10(9)12/h6,9-12H,3-5,7H2,1-2H3. The molecule has 1 fully saturated rings. The van der Waals surface area contributed by atoms with Crippen LogP contribution in [0.1, 0.15) is 33.1 Å². The summed E-state index contributed by atoms with van der Waals surface area (Å²) in [4.78, 5) is 0. The van der Waals surface area contributed by atoms with E-state index in [-0.39, 0.29) is 6.10 Å². The molecule has 12 heavy (non-hydrogen) atoms. The molecule has 2 unspecified atom stereocenters. The van der Waals surface area contributed by atoms with Crippen LogP contribution in [0, 0.1) is 0 Å². The molecule has 0 amide bonds. The Bertz CT molecular complexity index is 161. The molecule has 2 nitrogen and oxygen atoms in total. The first-order chi connectivity index (χ1) is 5.70. The second-order valence-electron chi connectivity index (χ2n) is 3.79. The quantitative estimate of drug-likeness (QED) is 0.627. The number of hydrogen-bond donors (Lipinski definition) is 2. The molecule has 0 aromatic rings. The van der Waals surface area contributed by atoms with Crippen LogP contribution in [-0.4, -0.2) is 23.8 Å². The highest BCUT2D eigenvalue weighted by atomic mass is 16.3. The number of aliphatic hydroxyl groups is 1. The maximum Gasteiger partial charge on any atom is 0.0693 e. The highest BCUT2D eigenvalue weighted by Crippen LogP contribution is 2.18. The molecule has 0 spiro atoms. The molecule has 1 aliphatic rings. The lowest BCUT2D eigenvalue weighted by atomic mass is 10.2. The van der Waals surface area contributed by atoms with Gasteiger partial charge < -0.3 is 10.4 Å². The van der Waals surface area contributed by atoms with Crippen molar-refractivity contribution >= 4 is 0 Å². The lowest BCUT2D eigenvalue weighted by Gasteiger charge is -2.14. The van der Waals surface area contributed by atoms with Crippen molar-refractivity contribution in [1.82, 2.24) is 5.32 Å². The molecule has 0 radical (unpaired) electrons. The lowest BCUT2D eigenvalue weighted by Crippen LogP contribution is -2.35. The van der Waals surface area contributed by atoms with Crippen LogP contribution in [0.4, 0.5) is 0 Å². The van der Waals surface area contributed by atoms with E-state index >= 15 is 0 Å². The third kappa shape index (κ3) is 2.95. The van der Waals surface area contributed by atoms with Crippen LogP contribution in [-0.2, 0) is 0 Å². The molecular formula is C10H19NO. The van der Waals surface area contributed by atoms with Crippen molar-refractivity contribution in [3.8, 4) is 0 Å². The maximum absolute atomic E-state index is 9.47. The Hall–Kier alpha value is -0.340. The van der Waals surface area contributed by atoms with Crippen LogP contribution in [0.3, 0.4) is 0 Å². The highest BCUT2D eigenvalue weighted by molar-refractivity contribution is 4.96. The van der Waals surface area contributed by atoms with Gasteiger partial charge in [0.05, 0.1) is 6.10 Å². The van der Waals surface area contributed by atoms with Gasteiger partial charge >= 0.3 is 0 Å². The largest absolute Gasteiger partial charge is 0.392 e. The van der Waals surface area contributed by atoms with E-state index in [1.807, 2.05) is 0 Å². The van der Waals surface area contributed by atoms with Gasteiger partial charge in [0.25, 0.3) is 0 Å². The third-order valence-electron chi connectivity index (χ3n) is 2.37. The second kappa shape index (κ2) is 4.63. The molecule has 0 heterocycles. The summed E-state index contributed by atoms with van der Waals surface area (Å²) in [5.41, 5.74) is 1.33. The number of rotatable bonds is 3. The Labute approximate surface area is 74.7 Å². The monoisotopic (exact) mass is 169 g/mol. The summed E-state index contributed by atoms with van der Waals surface area (Å²) in [6.07, 6.45) is 5.29. The molecule has 70 valence electrons. The molecular weight excluding hydrogens is 150 g/mol. The Morgan fingerprint density at radius 2 is 2.25 bits per heavy atom. The Kier molecular flexibility index (Phi) is 3.76. The SMILES string of the molecule is CC(C)=CCNC1CCCC1O. The molecule has 0 bridgehead atoms. The number of nitrogens with one attached hydrogen (secondary N) is 1. The summed E-state index contributed by atoms with van der Waals surface area (Å²) in [7, 11) is 0. The molecule has 1 aliphatic carbocycles. The zero-order chi connectivity index (χ0) is 8.97. The fourth-order valence-corrected chi connectivity index (χ4v) is 1.59. The van der Waals surface area contributed by atoms with Crippen LogP contribution < -0.4 is 5.32 Å². The first-order valence-corrected chi connectivity index (χ1v) is 4.75. The Morgan fingerprint density at radius 3 is 2.75 bits per heavy atom. The summed E-state index contributed by atoms with van der Waals surface area (Å²) >= 11 is 0. The summed E-state index contributed by atoms with van der Waals surface area (Å²) in [6.45, 7) is 5.07. The van der Waals surface area contributed by atoms with E-state index in [9.17, 15) is 5.11 Å². The first-order valence-electron chi connectivity index (χ1n) is 4.75. The van der Waals surface area contributed by atoms with Gasteiger partial charge in [0.15, 0.2) is 0 Å². The molecule has 2 heteroatoms. The van der Waals surface area contributed by atoms with Gasteiger partial charge in [0.2, 0.25) is 0 Å². The van der Waals surface area contributed by atoms with E-state index < -0.39 is 0 Å². The zero-order valence-corrected chi connectivity index (χ0v) is 8.01. The predicted molar refractivity (Wildman–Crippen MR) is 51.1 cm³/mol. The molecule has 0 aromatic carbocycles. The summed E-state index contributed by atoms with van der Waals surface area (Å²) in [5, 5.41) is 12.8. The van der Waals surface area contributed by atoms with Crippen LogP contribution in [0.2, 0.25) is 0 Å². The summed E-state index contributed by atoms with van der Waals surface area (Å²) in [6, 6.07) is 0.334. The van der Waals surface area contributed by atoms with Gasteiger partial charge in [0, 0.05) is 12.6 Å². The van der Waals surface area contributed by atoms with Crippen molar-refractivity contribution < 1.29 is 5.11 Å². The van der Waals surface area contributed by atoms with Crippen molar-refractivity contribution in [1.29, 1.82) is 0 Å². The summed E-state index contributed by atoms with van der Waals surface area (Å²) in [5.74, 6) is 0. The van der Waals surface area contributed by atoms with Crippen molar-refractivity contribution in [3.05, 3.63) is 11.6 Å². The fourth-order valence-electron chi connectivity index (χ4n) is 1.59. The fraction of sp³-hybridized carbons (Fsp3) is 0.800. The normalized spacial score (nSPS) is 28.9. The average molecular weight is 169 g/mol. The minimum absolute atomic E-state index is 0.115. The van der Waals surface area contributed by atoms with Gasteiger partial charge in [-0.05, 0) is 33.1 Å². The predicted octanol–water partition coefficient (Wildman–Crippen LogP) is 1.46. The Balaban J connectivity index is 2.18. The molecule has 0 aliphatic heterocycles. The van der Waals surface area contributed by atoms with E-state index in [2.05, 4.69) is 25.2 Å². The number of hydrogen-bond acceptors (Lipinski definition) is 2. The van der Waals surface area contributed by atoms with Crippen LogP contribution in [0.5, 0.6) is 0 Å². The van der Waals surface area contributed by atoms with Gasteiger partial charge in [-0.15, -0.1) is 0 Å². The maximum atomic E-state index is 9.47. The molecule has 0 saturated heterocycles. The van der Waals surface area contributed by atoms with E-state index in [0.717, 1.165) is 25.8 Å². The van der Waals surface area contributed by atoms with E-state index in [1.54, 1.807) is 0 Å². The smallest absolute Gasteiger partial charge is 0.0693 e. The van der Waals surface area contributed by atoms with Crippen LogP contribution >= 0.6 is 0 Å². The minimum Gasteiger partial charge on any atom is -0.392 e. The van der Waals surface area contributed by atoms with Crippen molar-refractivity contribution in [3.63, 3.8) is 0 Å². The molecule has 2 atom stereocenters. The van der Waals surface area contributed by atoms with Crippen molar-refractivity contribution in [2.24, 2.45) is 0 Å².